The molecule has 0 saturated carbocycles. The molecule has 1 aromatic carbocycles. The van der Waals surface area contributed by atoms with E-state index in [0.717, 1.165) is 29.8 Å². The van der Waals surface area contributed by atoms with Gasteiger partial charge in [-0.3, -0.25) is 0 Å². The molecule has 1 N–H and O–H groups in total. The molecular weight excluding hydrogens is 224 g/mol. The number of hydrogen-bond donors (Lipinski definition) is 1. The number of piperazine rings is 1. The largest absolute Gasteiger partial charge is 0.342 e. The number of benzene rings is 1. The lowest BCUT2D eigenvalue weighted by Crippen LogP contribution is -2.45. The van der Waals surface area contributed by atoms with Gasteiger partial charge in [-0.25, -0.2) is 4.98 Å². The zero-order valence-corrected chi connectivity index (χ0v) is 10.9. The number of rotatable bonds is 3. The highest BCUT2D eigenvalue weighted by atomic mass is 15.2. The second-order valence-corrected chi connectivity index (χ2v) is 5.10. The Morgan fingerprint density at radius 1 is 1.17 bits per heavy atom. The highest BCUT2D eigenvalue weighted by Crippen LogP contribution is 2.11. The maximum atomic E-state index is 4.62. The van der Waals surface area contributed by atoms with Gasteiger partial charge in [-0.15, -0.1) is 0 Å². The number of hydrogen-bond acceptors (Lipinski definition) is 3. The van der Waals surface area contributed by atoms with Crippen molar-refractivity contribution >= 4 is 11.0 Å². The van der Waals surface area contributed by atoms with Crippen LogP contribution in [0.1, 0.15) is 5.82 Å². The fourth-order valence-corrected chi connectivity index (χ4v) is 2.46. The second-order valence-electron chi connectivity index (χ2n) is 5.10. The van der Waals surface area contributed by atoms with Crippen LogP contribution >= 0.6 is 0 Å². The zero-order valence-electron chi connectivity index (χ0n) is 10.9. The van der Waals surface area contributed by atoms with Gasteiger partial charge in [0.15, 0.2) is 0 Å². The van der Waals surface area contributed by atoms with Gasteiger partial charge in [-0.2, -0.15) is 0 Å². The van der Waals surface area contributed by atoms with Crippen LogP contribution in [0, 0.1) is 0 Å². The van der Waals surface area contributed by atoms with E-state index < -0.39 is 0 Å². The predicted molar refractivity (Wildman–Crippen MR) is 73.7 cm³/mol. The van der Waals surface area contributed by atoms with Gasteiger partial charge in [0.05, 0.1) is 11.0 Å². The van der Waals surface area contributed by atoms with Crippen molar-refractivity contribution in [3.63, 3.8) is 0 Å². The van der Waals surface area contributed by atoms with E-state index >= 15 is 0 Å². The van der Waals surface area contributed by atoms with E-state index in [0.29, 0.717) is 0 Å². The number of aromatic amines is 1. The molecule has 0 spiro atoms. The molecule has 0 aliphatic carbocycles. The monoisotopic (exact) mass is 244 g/mol. The number of H-pyrrole nitrogens is 1. The first-order valence-electron chi connectivity index (χ1n) is 6.66. The third kappa shape index (κ3) is 2.54. The Balaban J connectivity index is 1.59. The average Bonchev–Trinajstić information content (AvgIpc) is 2.81. The molecule has 3 rings (SSSR count). The minimum atomic E-state index is 1.01. The van der Waals surface area contributed by atoms with Gasteiger partial charge < -0.3 is 14.8 Å². The maximum Gasteiger partial charge on any atom is 0.108 e. The van der Waals surface area contributed by atoms with Crippen LogP contribution in [0.5, 0.6) is 0 Å². The molecule has 0 bridgehead atoms. The van der Waals surface area contributed by atoms with E-state index in [-0.39, 0.29) is 0 Å². The van der Waals surface area contributed by atoms with Crippen molar-refractivity contribution in [2.24, 2.45) is 0 Å². The first-order valence-corrected chi connectivity index (χ1v) is 6.66. The Morgan fingerprint density at radius 2 is 1.94 bits per heavy atom. The molecule has 0 unspecified atom stereocenters. The van der Waals surface area contributed by atoms with Crippen molar-refractivity contribution in [3.8, 4) is 0 Å². The lowest BCUT2D eigenvalue weighted by Gasteiger charge is -2.32. The van der Waals surface area contributed by atoms with Gasteiger partial charge in [0, 0.05) is 39.1 Å². The molecule has 1 fully saturated rings. The fraction of sp³-hybridized carbons (Fsp3) is 0.500. The zero-order chi connectivity index (χ0) is 12.4. The average molecular weight is 244 g/mol. The molecule has 2 heterocycles. The van der Waals surface area contributed by atoms with Crippen molar-refractivity contribution in [3.05, 3.63) is 30.1 Å². The Labute approximate surface area is 108 Å². The molecule has 4 nitrogen and oxygen atoms in total. The summed E-state index contributed by atoms with van der Waals surface area (Å²) in [7, 11) is 2.19. The van der Waals surface area contributed by atoms with E-state index in [1.54, 1.807) is 0 Å². The van der Waals surface area contributed by atoms with Crippen LogP contribution in [-0.4, -0.2) is 59.5 Å². The molecule has 2 aromatic rings. The minimum Gasteiger partial charge on any atom is -0.342 e. The van der Waals surface area contributed by atoms with Crippen molar-refractivity contribution in [2.75, 3.05) is 39.8 Å². The van der Waals surface area contributed by atoms with Crippen molar-refractivity contribution in [2.45, 2.75) is 6.42 Å². The van der Waals surface area contributed by atoms with Crippen LogP contribution < -0.4 is 0 Å². The molecule has 96 valence electrons. The second kappa shape index (κ2) is 5.08. The van der Waals surface area contributed by atoms with Crippen LogP contribution in [0.4, 0.5) is 0 Å². The first-order chi connectivity index (χ1) is 8.81. The summed E-state index contributed by atoms with van der Waals surface area (Å²) in [6, 6.07) is 8.23. The Kier molecular flexibility index (Phi) is 3.30. The van der Waals surface area contributed by atoms with Crippen LogP contribution in [0.3, 0.4) is 0 Å². The van der Waals surface area contributed by atoms with E-state index in [1.807, 2.05) is 12.1 Å². The third-order valence-electron chi connectivity index (χ3n) is 3.70. The number of fused-ring (bicyclic) bond motifs is 1. The molecule has 18 heavy (non-hydrogen) atoms. The molecule has 1 aliphatic heterocycles. The number of aromatic nitrogens is 2. The topological polar surface area (TPSA) is 35.2 Å². The predicted octanol–water partition coefficient (Wildman–Crippen LogP) is 1.35. The summed E-state index contributed by atoms with van der Waals surface area (Å²) in [6.07, 6.45) is 1.01. The van der Waals surface area contributed by atoms with E-state index in [2.05, 4.69) is 38.9 Å². The van der Waals surface area contributed by atoms with Crippen molar-refractivity contribution < 1.29 is 0 Å². The van der Waals surface area contributed by atoms with Gasteiger partial charge in [-0.1, -0.05) is 12.1 Å². The fourth-order valence-electron chi connectivity index (χ4n) is 2.46. The number of nitrogens with one attached hydrogen (secondary N) is 1. The Morgan fingerprint density at radius 3 is 2.72 bits per heavy atom. The maximum absolute atomic E-state index is 4.62. The molecule has 0 radical (unpaired) electrons. The van der Waals surface area contributed by atoms with E-state index in [9.17, 15) is 0 Å². The molecule has 1 aromatic heterocycles. The molecule has 1 aliphatic rings. The highest BCUT2D eigenvalue weighted by Gasteiger charge is 2.13. The first kappa shape index (κ1) is 11.7. The van der Waals surface area contributed by atoms with Gasteiger partial charge in [0.25, 0.3) is 0 Å². The van der Waals surface area contributed by atoms with Crippen molar-refractivity contribution in [1.29, 1.82) is 0 Å². The third-order valence-corrected chi connectivity index (χ3v) is 3.70. The summed E-state index contributed by atoms with van der Waals surface area (Å²) in [5, 5.41) is 0. The molecule has 0 amide bonds. The summed E-state index contributed by atoms with van der Waals surface area (Å²) in [6.45, 7) is 5.82. The number of nitrogens with zero attached hydrogens (tertiary/aromatic N) is 3. The Hall–Kier alpha value is -1.39. The van der Waals surface area contributed by atoms with Crippen molar-refractivity contribution in [1.82, 2.24) is 19.8 Å². The quantitative estimate of drug-likeness (QED) is 0.885. The van der Waals surface area contributed by atoms with Gasteiger partial charge in [0.2, 0.25) is 0 Å². The van der Waals surface area contributed by atoms with Gasteiger partial charge >= 0.3 is 0 Å². The van der Waals surface area contributed by atoms with Crippen LogP contribution in [0.2, 0.25) is 0 Å². The molecule has 4 heteroatoms. The SMILES string of the molecule is CN1CCN(CCc2nc3ccccc3[nH]2)CC1. The summed E-state index contributed by atoms with van der Waals surface area (Å²) in [5.74, 6) is 1.11. The highest BCUT2D eigenvalue weighted by molar-refractivity contribution is 5.74. The van der Waals surface area contributed by atoms with Gasteiger partial charge in [0.1, 0.15) is 5.82 Å². The minimum absolute atomic E-state index is 1.01. The normalized spacial score (nSPS) is 18.5. The number of para-hydroxylation sites is 2. The Bertz CT molecular complexity index is 478. The number of imidazole rings is 1. The summed E-state index contributed by atoms with van der Waals surface area (Å²) < 4.78 is 0. The smallest absolute Gasteiger partial charge is 0.108 e. The lowest BCUT2D eigenvalue weighted by molar-refractivity contribution is 0.155. The van der Waals surface area contributed by atoms with E-state index in [1.165, 1.54) is 26.2 Å². The van der Waals surface area contributed by atoms with Crippen LogP contribution in [-0.2, 0) is 6.42 Å². The van der Waals surface area contributed by atoms with Gasteiger partial charge in [-0.05, 0) is 19.2 Å². The summed E-state index contributed by atoms with van der Waals surface area (Å²) in [5.41, 5.74) is 2.22. The van der Waals surface area contributed by atoms with E-state index in [4.69, 9.17) is 0 Å². The molecule has 1 saturated heterocycles. The molecule has 0 atom stereocenters. The van der Waals surface area contributed by atoms with Crippen LogP contribution in [0.15, 0.2) is 24.3 Å². The summed E-state index contributed by atoms with van der Waals surface area (Å²) in [4.78, 5) is 12.9. The standard InChI is InChI=1S/C14H20N4/c1-17-8-10-18(11-9-17)7-6-14-15-12-4-2-3-5-13(12)16-14/h2-5H,6-11H2,1H3,(H,15,16). The summed E-state index contributed by atoms with van der Waals surface area (Å²) >= 11 is 0. The van der Waals surface area contributed by atoms with Crippen LogP contribution in [0.25, 0.3) is 11.0 Å². The molecular formula is C14H20N4. The lowest BCUT2D eigenvalue weighted by atomic mass is 10.3. The number of likely N-dealkylation sites (N-methyl/N-ethyl adjacent to an activating group) is 1.